The van der Waals surface area contributed by atoms with Crippen LogP contribution in [-0.2, 0) is 36.8 Å². The highest BCUT2D eigenvalue weighted by atomic mass is 16.4. The first kappa shape index (κ1) is 40.8. The molecule has 0 saturated heterocycles. The fourth-order valence-electron chi connectivity index (χ4n) is 5.31. The van der Waals surface area contributed by atoms with Crippen molar-refractivity contribution in [2.45, 2.75) is 102 Å². The van der Waals surface area contributed by atoms with E-state index in [1.54, 1.807) is 24.3 Å². The third kappa shape index (κ3) is 15.6. The van der Waals surface area contributed by atoms with Crippen LogP contribution >= 0.6 is 0 Å². The molecule has 0 aliphatic heterocycles. The van der Waals surface area contributed by atoms with Crippen molar-refractivity contribution in [3.63, 3.8) is 0 Å². The molecule has 5 unspecified atom stereocenters. The lowest BCUT2D eigenvalue weighted by Gasteiger charge is -2.27. The normalized spacial score (nSPS) is 14.2. The number of carbonyl (C=O) groups is 5. The highest BCUT2D eigenvalue weighted by molar-refractivity contribution is 5.95. The number of nitrogens with one attached hydrogen (secondary N) is 4. The Morgan fingerprint density at radius 1 is 0.592 bits per heavy atom. The van der Waals surface area contributed by atoms with Crippen molar-refractivity contribution in [2.24, 2.45) is 23.1 Å². The van der Waals surface area contributed by atoms with Gasteiger partial charge in [0.2, 0.25) is 23.6 Å². The number of hydrogen-bond donors (Lipinski definition) is 8. The maximum atomic E-state index is 13.8. The van der Waals surface area contributed by atoms with Gasteiger partial charge in [-0.3, -0.25) is 19.2 Å². The van der Waals surface area contributed by atoms with E-state index in [9.17, 15) is 29.1 Å². The molecular weight excluding hydrogens is 626 g/mol. The second-order valence-electron chi connectivity index (χ2n) is 12.8. The predicted molar refractivity (Wildman–Crippen MR) is 189 cm³/mol. The van der Waals surface area contributed by atoms with E-state index < -0.39 is 59.8 Å². The van der Waals surface area contributed by atoms with E-state index in [2.05, 4.69) is 21.3 Å². The summed E-state index contributed by atoms with van der Waals surface area (Å²) in [5.41, 5.74) is 18.9. The number of benzene rings is 2. The van der Waals surface area contributed by atoms with Crippen molar-refractivity contribution in [1.82, 2.24) is 21.3 Å². The Balaban J connectivity index is 2.25. The van der Waals surface area contributed by atoms with Gasteiger partial charge in [-0.15, -0.1) is 0 Å². The molecule has 2 aromatic rings. The van der Waals surface area contributed by atoms with Crippen molar-refractivity contribution in [3.8, 4) is 0 Å². The van der Waals surface area contributed by atoms with Crippen LogP contribution in [0.2, 0.25) is 0 Å². The van der Waals surface area contributed by atoms with Crippen LogP contribution in [-0.4, -0.2) is 78.0 Å². The largest absolute Gasteiger partial charge is 0.480 e. The van der Waals surface area contributed by atoms with Crippen molar-refractivity contribution in [1.29, 1.82) is 0 Å². The summed E-state index contributed by atoms with van der Waals surface area (Å²) in [6, 6.07) is 12.8. The average Bonchev–Trinajstić information content (AvgIpc) is 3.07. The number of aliphatic carboxylic acids is 1. The molecule has 0 bridgehead atoms. The quantitative estimate of drug-likeness (QED) is 0.0785. The first-order chi connectivity index (χ1) is 23.4. The SMILES string of the molecule is CC(C)CC(NC(=O)C(Cc1ccccc1)NC(=O)C(N)CCCCN)C(=O)NC(CCCCN)C(=O)NC(Cc1ccccc1)C(=O)O. The lowest BCUT2D eigenvalue weighted by Crippen LogP contribution is -2.59. The summed E-state index contributed by atoms with van der Waals surface area (Å²) in [5.74, 6) is -3.56. The standard InChI is InChI=1S/C36H55N7O6/c1-24(2)21-29(42-35(47)30(22-25-13-5-3-6-14-25)41-32(44)27(39)17-9-11-19-37)34(46)40-28(18-10-12-20-38)33(45)43-31(36(48)49)23-26-15-7-4-8-16-26/h3-8,13-16,24,27-31H,9-12,17-23,37-39H2,1-2H3,(H,40,46)(H,41,44)(H,42,47)(H,43,45)(H,48,49). The molecule has 2 aromatic carbocycles. The maximum absolute atomic E-state index is 13.8. The van der Waals surface area contributed by atoms with Crippen molar-refractivity contribution in [2.75, 3.05) is 13.1 Å². The summed E-state index contributed by atoms with van der Waals surface area (Å²) in [5, 5.41) is 20.7. The summed E-state index contributed by atoms with van der Waals surface area (Å²) >= 11 is 0. The Morgan fingerprint density at radius 3 is 1.53 bits per heavy atom. The molecule has 0 spiro atoms. The van der Waals surface area contributed by atoms with Gasteiger partial charge in [-0.25, -0.2) is 4.79 Å². The molecule has 0 fully saturated rings. The average molecular weight is 682 g/mol. The minimum Gasteiger partial charge on any atom is -0.480 e. The number of nitrogens with two attached hydrogens (primary N) is 3. The Kier molecular flexibility index (Phi) is 18.6. The lowest BCUT2D eigenvalue weighted by molar-refractivity contribution is -0.142. The van der Waals surface area contributed by atoms with E-state index in [-0.39, 0.29) is 31.6 Å². The van der Waals surface area contributed by atoms with E-state index in [0.717, 1.165) is 17.5 Å². The minimum atomic E-state index is -1.22. The molecule has 0 aromatic heterocycles. The molecular formula is C36H55N7O6. The summed E-state index contributed by atoms with van der Waals surface area (Å²) < 4.78 is 0. The Labute approximate surface area is 289 Å². The number of amides is 4. The fraction of sp³-hybridized carbons (Fsp3) is 0.528. The molecule has 0 aliphatic carbocycles. The number of hydrogen-bond acceptors (Lipinski definition) is 8. The van der Waals surface area contributed by atoms with Crippen LogP contribution in [0.25, 0.3) is 0 Å². The molecule has 13 heteroatoms. The van der Waals surface area contributed by atoms with Gasteiger partial charge in [-0.05, 0) is 68.7 Å². The number of carboxylic acid groups (broad SMARTS) is 1. The molecule has 11 N–H and O–H groups in total. The van der Waals surface area contributed by atoms with E-state index >= 15 is 0 Å². The summed E-state index contributed by atoms with van der Waals surface area (Å²) in [7, 11) is 0. The Bertz CT molecular complexity index is 1310. The second kappa shape index (κ2) is 22.3. The monoisotopic (exact) mass is 681 g/mol. The number of carbonyl (C=O) groups excluding carboxylic acids is 4. The minimum absolute atomic E-state index is 0.0269. The van der Waals surface area contributed by atoms with Crippen LogP contribution in [0, 0.1) is 5.92 Å². The van der Waals surface area contributed by atoms with Crippen LogP contribution in [0.3, 0.4) is 0 Å². The second-order valence-corrected chi connectivity index (χ2v) is 12.8. The molecule has 0 saturated carbocycles. The van der Waals surface area contributed by atoms with Gasteiger partial charge in [-0.1, -0.05) is 80.9 Å². The van der Waals surface area contributed by atoms with Crippen LogP contribution in [0.4, 0.5) is 0 Å². The molecule has 270 valence electrons. The molecule has 5 atom stereocenters. The predicted octanol–water partition coefficient (Wildman–Crippen LogP) is 1.13. The van der Waals surface area contributed by atoms with Gasteiger partial charge in [-0.2, -0.15) is 0 Å². The van der Waals surface area contributed by atoms with Crippen molar-refractivity contribution < 1.29 is 29.1 Å². The highest BCUT2D eigenvalue weighted by Crippen LogP contribution is 2.11. The summed E-state index contributed by atoms with van der Waals surface area (Å²) in [6.07, 6.45) is 3.55. The first-order valence-electron chi connectivity index (χ1n) is 17.1. The zero-order valence-electron chi connectivity index (χ0n) is 28.7. The Morgan fingerprint density at radius 2 is 1.02 bits per heavy atom. The third-order valence-electron chi connectivity index (χ3n) is 8.04. The number of rotatable bonds is 23. The smallest absolute Gasteiger partial charge is 0.326 e. The molecule has 0 radical (unpaired) electrons. The van der Waals surface area contributed by atoms with Crippen molar-refractivity contribution >= 4 is 29.6 Å². The van der Waals surface area contributed by atoms with Crippen LogP contribution < -0.4 is 38.5 Å². The maximum Gasteiger partial charge on any atom is 0.326 e. The van der Waals surface area contributed by atoms with Crippen LogP contribution in [0.15, 0.2) is 60.7 Å². The summed E-state index contributed by atoms with van der Waals surface area (Å²) in [4.78, 5) is 66.1. The molecule has 2 rings (SSSR count). The van der Waals surface area contributed by atoms with E-state index in [1.807, 2.05) is 50.2 Å². The van der Waals surface area contributed by atoms with Gasteiger partial charge in [0.25, 0.3) is 0 Å². The number of carboxylic acids is 1. The zero-order valence-corrected chi connectivity index (χ0v) is 28.7. The van der Waals surface area contributed by atoms with Crippen molar-refractivity contribution in [3.05, 3.63) is 71.8 Å². The topological polar surface area (TPSA) is 232 Å². The molecule has 4 amide bonds. The molecule has 0 aliphatic rings. The van der Waals surface area contributed by atoms with Gasteiger partial charge < -0.3 is 43.6 Å². The van der Waals surface area contributed by atoms with Crippen LogP contribution in [0.5, 0.6) is 0 Å². The van der Waals surface area contributed by atoms with Gasteiger partial charge >= 0.3 is 5.97 Å². The third-order valence-corrected chi connectivity index (χ3v) is 8.04. The highest BCUT2D eigenvalue weighted by Gasteiger charge is 2.32. The fourth-order valence-corrected chi connectivity index (χ4v) is 5.31. The van der Waals surface area contributed by atoms with Gasteiger partial charge in [0, 0.05) is 12.8 Å². The van der Waals surface area contributed by atoms with Gasteiger partial charge in [0.05, 0.1) is 6.04 Å². The Hall–Kier alpha value is -4.33. The molecule has 49 heavy (non-hydrogen) atoms. The molecule has 13 nitrogen and oxygen atoms in total. The molecule has 0 heterocycles. The number of unbranched alkanes of at least 4 members (excludes halogenated alkanes) is 2. The van der Waals surface area contributed by atoms with Crippen LogP contribution in [0.1, 0.15) is 69.9 Å². The van der Waals surface area contributed by atoms with E-state index in [4.69, 9.17) is 17.2 Å². The van der Waals surface area contributed by atoms with Gasteiger partial charge in [0.1, 0.15) is 24.2 Å². The lowest BCUT2D eigenvalue weighted by atomic mass is 9.99. The first-order valence-corrected chi connectivity index (χ1v) is 17.1. The van der Waals surface area contributed by atoms with Gasteiger partial charge in [0.15, 0.2) is 0 Å². The van der Waals surface area contributed by atoms with E-state index in [0.29, 0.717) is 38.8 Å². The zero-order chi connectivity index (χ0) is 36.2. The summed E-state index contributed by atoms with van der Waals surface area (Å²) in [6.45, 7) is 4.65. The van der Waals surface area contributed by atoms with E-state index in [1.165, 1.54) is 0 Å².